The standard InChI is InChI=1S/C14H13BrFNOS/c1-8-6-13(10(9(2)18)7-12(8)16)19-14-11(15)4-3-5-17-14/h3-7,9,18H,1-2H3/t9-/m0/s1. The number of pyridine rings is 1. The molecule has 0 spiro atoms. The third kappa shape index (κ3) is 3.35. The highest BCUT2D eigenvalue weighted by Crippen LogP contribution is 2.36. The van der Waals surface area contributed by atoms with Crippen LogP contribution in [-0.4, -0.2) is 10.1 Å². The van der Waals surface area contributed by atoms with Gasteiger partial charge in [0, 0.05) is 11.1 Å². The summed E-state index contributed by atoms with van der Waals surface area (Å²) >= 11 is 4.84. The van der Waals surface area contributed by atoms with Gasteiger partial charge in [0.15, 0.2) is 0 Å². The molecular weight excluding hydrogens is 329 g/mol. The lowest BCUT2D eigenvalue weighted by molar-refractivity contribution is 0.196. The van der Waals surface area contributed by atoms with Crippen molar-refractivity contribution in [2.75, 3.05) is 0 Å². The number of hydrogen-bond acceptors (Lipinski definition) is 3. The summed E-state index contributed by atoms with van der Waals surface area (Å²) in [7, 11) is 0. The van der Waals surface area contributed by atoms with Crippen molar-refractivity contribution >= 4 is 27.7 Å². The first-order valence-electron chi connectivity index (χ1n) is 5.75. The lowest BCUT2D eigenvalue weighted by Crippen LogP contribution is -1.98. The van der Waals surface area contributed by atoms with Gasteiger partial charge >= 0.3 is 0 Å². The van der Waals surface area contributed by atoms with Crippen molar-refractivity contribution in [1.82, 2.24) is 4.98 Å². The van der Waals surface area contributed by atoms with Crippen LogP contribution in [0.3, 0.4) is 0 Å². The number of aryl methyl sites for hydroxylation is 1. The molecule has 0 saturated heterocycles. The molecule has 2 aromatic rings. The van der Waals surface area contributed by atoms with Gasteiger partial charge in [-0.15, -0.1) is 0 Å². The third-order valence-corrected chi connectivity index (χ3v) is 4.67. The molecule has 100 valence electrons. The van der Waals surface area contributed by atoms with Crippen LogP contribution >= 0.6 is 27.7 Å². The second kappa shape index (κ2) is 6.03. The van der Waals surface area contributed by atoms with Crippen LogP contribution in [0.25, 0.3) is 0 Å². The molecule has 0 unspecified atom stereocenters. The van der Waals surface area contributed by atoms with Crippen LogP contribution in [0.1, 0.15) is 24.2 Å². The molecule has 1 aromatic carbocycles. The summed E-state index contributed by atoms with van der Waals surface area (Å²) in [5, 5.41) is 10.5. The van der Waals surface area contributed by atoms with Gasteiger partial charge in [0.1, 0.15) is 10.8 Å². The molecule has 2 nitrogen and oxygen atoms in total. The molecule has 1 N–H and O–H groups in total. The van der Waals surface area contributed by atoms with Crippen LogP contribution in [-0.2, 0) is 0 Å². The summed E-state index contributed by atoms with van der Waals surface area (Å²) in [6, 6.07) is 6.86. The predicted octanol–water partition coefficient (Wildman–Crippen LogP) is 4.50. The highest BCUT2D eigenvalue weighted by Gasteiger charge is 2.14. The lowest BCUT2D eigenvalue weighted by Gasteiger charge is -2.13. The predicted molar refractivity (Wildman–Crippen MR) is 77.8 cm³/mol. The van der Waals surface area contributed by atoms with E-state index in [1.807, 2.05) is 12.1 Å². The molecule has 19 heavy (non-hydrogen) atoms. The van der Waals surface area contributed by atoms with Crippen LogP contribution in [0.5, 0.6) is 0 Å². The van der Waals surface area contributed by atoms with Crippen molar-refractivity contribution in [3.63, 3.8) is 0 Å². The van der Waals surface area contributed by atoms with E-state index < -0.39 is 6.10 Å². The van der Waals surface area contributed by atoms with E-state index in [0.717, 1.165) is 14.4 Å². The Morgan fingerprint density at radius 1 is 1.42 bits per heavy atom. The average Bonchev–Trinajstić information content (AvgIpc) is 2.36. The summed E-state index contributed by atoms with van der Waals surface area (Å²) in [5.41, 5.74) is 1.13. The highest BCUT2D eigenvalue weighted by molar-refractivity contribution is 9.10. The monoisotopic (exact) mass is 341 g/mol. The van der Waals surface area contributed by atoms with Crippen molar-refractivity contribution in [1.29, 1.82) is 0 Å². The molecule has 0 amide bonds. The van der Waals surface area contributed by atoms with Crippen LogP contribution < -0.4 is 0 Å². The number of halogens is 2. The molecule has 1 heterocycles. The Kier molecular flexibility index (Phi) is 4.60. The zero-order chi connectivity index (χ0) is 14.0. The van der Waals surface area contributed by atoms with Crippen LogP contribution in [0, 0.1) is 12.7 Å². The molecule has 0 fully saturated rings. The third-order valence-electron chi connectivity index (χ3n) is 2.67. The number of aliphatic hydroxyl groups is 1. The van der Waals surface area contributed by atoms with Gasteiger partial charge in [0.2, 0.25) is 0 Å². The fourth-order valence-electron chi connectivity index (χ4n) is 1.64. The van der Waals surface area contributed by atoms with Gasteiger partial charge < -0.3 is 5.11 Å². The number of aliphatic hydroxyl groups excluding tert-OH is 1. The van der Waals surface area contributed by atoms with Crippen LogP contribution in [0.2, 0.25) is 0 Å². The summed E-state index contributed by atoms with van der Waals surface area (Å²) in [6.07, 6.45) is 0.978. The first kappa shape index (κ1) is 14.5. The fourth-order valence-corrected chi connectivity index (χ4v) is 3.20. The largest absolute Gasteiger partial charge is 0.389 e. The molecule has 0 radical (unpaired) electrons. The first-order valence-corrected chi connectivity index (χ1v) is 7.36. The summed E-state index contributed by atoms with van der Waals surface area (Å²) in [5.74, 6) is -0.305. The molecule has 2 rings (SSSR count). The molecular formula is C14H13BrFNOS. The molecule has 0 bridgehead atoms. The molecule has 1 atom stereocenters. The normalized spacial score (nSPS) is 12.5. The van der Waals surface area contributed by atoms with Crippen LogP contribution in [0.15, 0.2) is 44.9 Å². The van der Waals surface area contributed by atoms with Crippen molar-refractivity contribution in [2.45, 2.75) is 29.9 Å². The SMILES string of the molecule is Cc1cc(Sc2ncccc2Br)c([C@H](C)O)cc1F. The topological polar surface area (TPSA) is 33.1 Å². The molecule has 1 aromatic heterocycles. The van der Waals surface area contributed by atoms with Crippen molar-refractivity contribution < 1.29 is 9.50 Å². The summed E-state index contributed by atoms with van der Waals surface area (Å²) < 4.78 is 14.5. The minimum Gasteiger partial charge on any atom is -0.389 e. The zero-order valence-corrected chi connectivity index (χ0v) is 12.9. The van der Waals surface area contributed by atoms with E-state index in [9.17, 15) is 9.50 Å². The van der Waals surface area contributed by atoms with Gasteiger partial charge in [-0.2, -0.15) is 0 Å². The maximum absolute atomic E-state index is 13.6. The van der Waals surface area contributed by atoms with Gasteiger partial charge in [-0.1, -0.05) is 11.8 Å². The van der Waals surface area contributed by atoms with Gasteiger partial charge in [-0.05, 0) is 65.2 Å². The Balaban J connectivity index is 2.45. The highest BCUT2D eigenvalue weighted by atomic mass is 79.9. The minimum atomic E-state index is -0.722. The minimum absolute atomic E-state index is 0.305. The average molecular weight is 342 g/mol. The van der Waals surface area contributed by atoms with Gasteiger partial charge in [-0.25, -0.2) is 9.37 Å². The Morgan fingerprint density at radius 2 is 2.16 bits per heavy atom. The zero-order valence-electron chi connectivity index (χ0n) is 10.5. The van der Waals surface area contributed by atoms with E-state index in [0.29, 0.717) is 11.1 Å². The number of rotatable bonds is 3. The number of nitrogens with zero attached hydrogens (tertiary/aromatic N) is 1. The van der Waals surface area contributed by atoms with Crippen LogP contribution in [0.4, 0.5) is 4.39 Å². The molecule has 0 saturated carbocycles. The van der Waals surface area contributed by atoms with Crippen molar-refractivity contribution in [3.05, 3.63) is 51.9 Å². The second-order valence-corrected chi connectivity index (χ2v) is 6.09. The smallest absolute Gasteiger partial charge is 0.126 e. The number of benzene rings is 1. The summed E-state index contributed by atoms with van der Waals surface area (Å²) in [6.45, 7) is 3.33. The van der Waals surface area contributed by atoms with Crippen molar-refractivity contribution in [3.8, 4) is 0 Å². The Hall–Kier alpha value is -0.910. The van der Waals surface area contributed by atoms with E-state index in [1.54, 1.807) is 26.1 Å². The molecule has 5 heteroatoms. The molecule has 0 aliphatic rings. The van der Waals surface area contributed by atoms with E-state index in [-0.39, 0.29) is 5.82 Å². The van der Waals surface area contributed by atoms with E-state index in [2.05, 4.69) is 20.9 Å². The Bertz CT molecular complexity index is 604. The first-order chi connectivity index (χ1) is 8.99. The van der Waals surface area contributed by atoms with E-state index in [4.69, 9.17) is 0 Å². The Labute approximate surface area is 124 Å². The Morgan fingerprint density at radius 3 is 2.79 bits per heavy atom. The number of hydrogen-bond donors (Lipinski definition) is 1. The number of aromatic nitrogens is 1. The van der Waals surface area contributed by atoms with Gasteiger partial charge in [-0.3, -0.25) is 0 Å². The van der Waals surface area contributed by atoms with Gasteiger partial charge in [0.05, 0.1) is 10.6 Å². The lowest BCUT2D eigenvalue weighted by atomic mass is 10.1. The van der Waals surface area contributed by atoms with Gasteiger partial charge in [0.25, 0.3) is 0 Å². The van der Waals surface area contributed by atoms with Crippen molar-refractivity contribution in [2.24, 2.45) is 0 Å². The summed E-state index contributed by atoms with van der Waals surface area (Å²) in [4.78, 5) is 5.08. The molecule has 0 aliphatic carbocycles. The maximum atomic E-state index is 13.6. The quantitative estimate of drug-likeness (QED) is 0.892. The fraction of sp³-hybridized carbons (Fsp3) is 0.214. The second-order valence-electron chi connectivity index (χ2n) is 4.21. The molecule has 0 aliphatic heterocycles. The maximum Gasteiger partial charge on any atom is 0.126 e. The van der Waals surface area contributed by atoms with E-state index >= 15 is 0 Å². The van der Waals surface area contributed by atoms with E-state index in [1.165, 1.54) is 17.8 Å².